The molecular weight excluding hydrogens is 287 g/mol. The van der Waals surface area contributed by atoms with E-state index in [9.17, 15) is 9.18 Å². The number of alkyl carbamates (subject to hydrolysis) is 1. The van der Waals surface area contributed by atoms with Crippen LogP contribution < -0.4 is 16.0 Å². The minimum absolute atomic E-state index is 0.168. The number of hydrogen-bond donors (Lipinski definition) is 2. The molecule has 3 N–H and O–H groups in total. The molecule has 0 radical (unpaired) electrons. The van der Waals surface area contributed by atoms with E-state index in [2.05, 4.69) is 10.3 Å². The number of amides is 1. The average molecular weight is 301 g/mol. The van der Waals surface area contributed by atoms with Crippen molar-refractivity contribution >= 4 is 29.2 Å². The number of carbonyl (C=O) groups is 1. The summed E-state index contributed by atoms with van der Waals surface area (Å²) in [5.41, 5.74) is 5.27. The molecule has 8 heteroatoms. The predicted octanol–water partition coefficient (Wildman–Crippen LogP) is 1.54. The van der Waals surface area contributed by atoms with E-state index >= 15 is 0 Å². The van der Waals surface area contributed by atoms with E-state index in [-0.39, 0.29) is 16.5 Å². The summed E-state index contributed by atoms with van der Waals surface area (Å²) in [4.78, 5) is 16.7. The van der Waals surface area contributed by atoms with Gasteiger partial charge in [0, 0.05) is 25.9 Å². The molecule has 0 aromatic carbocycles. The van der Waals surface area contributed by atoms with Crippen molar-refractivity contribution in [1.29, 1.82) is 0 Å². The third-order valence-electron chi connectivity index (χ3n) is 3.83. The molecule has 2 fully saturated rings. The van der Waals surface area contributed by atoms with Gasteiger partial charge < -0.3 is 20.7 Å². The number of halogens is 2. The maximum atomic E-state index is 14.1. The van der Waals surface area contributed by atoms with E-state index in [1.54, 1.807) is 0 Å². The lowest BCUT2D eigenvalue weighted by molar-refractivity contribution is 0.0366. The molecule has 2 saturated heterocycles. The fraction of sp³-hybridized carbons (Fsp3) is 0.500. The van der Waals surface area contributed by atoms with Crippen molar-refractivity contribution in [3.8, 4) is 0 Å². The summed E-state index contributed by atoms with van der Waals surface area (Å²) in [6.07, 6.45) is 2.18. The molecule has 0 atom stereocenters. The van der Waals surface area contributed by atoms with Gasteiger partial charge in [-0.3, -0.25) is 0 Å². The van der Waals surface area contributed by atoms with Gasteiger partial charge in [0.05, 0.1) is 23.5 Å². The number of ether oxygens (including phenoxy) is 1. The number of anilines is 2. The summed E-state index contributed by atoms with van der Waals surface area (Å²) in [5.74, 6) is -0.770. The maximum absolute atomic E-state index is 14.1. The molecule has 2 aliphatic heterocycles. The number of nitrogens with one attached hydrogen (secondary N) is 1. The monoisotopic (exact) mass is 300 g/mol. The van der Waals surface area contributed by atoms with E-state index in [4.69, 9.17) is 22.1 Å². The molecule has 1 amide bonds. The van der Waals surface area contributed by atoms with Crippen LogP contribution in [0.2, 0.25) is 5.02 Å². The van der Waals surface area contributed by atoms with Gasteiger partial charge >= 0.3 is 6.09 Å². The van der Waals surface area contributed by atoms with Gasteiger partial charge in [-0.15, -0.1) is 0 Å². The lowest BCUT2D eigenvalue weighted by Gasteiger charge is -2.38. The van der Waals surface area contributed by atoms with Crippen molar-refractivity contribution in [3.63, 3.8) is 0 Å². The standard InChI is InChI=1S/C12H14ClFN4O2/c13-7-5-16-10(15)8(14)9(7)18-3-1-12(2-4-18)6-17-11(19)20-12/h5H,1-4,6H2,(H2,15,16)(H,17,19). The Bertz CT molecular complexity index is 561. The third kappa shape index (κ3) is 2.11. The van der Waals surface area contributed by atoms with Crippen LogP contribution in [0.1, 0.15) is 12.8 Å². The van der Waals surface area contributed by atoms with Crippen molar-refractivity contribution in [2.75, 3.05) is 30.3 Å². The number of hydrogen-bond acceptors (Lipinski definition) is 5. The highest BCUT2D eigenvalue weighted by molar-refractivity contribution is 6.33. The van der Waals surface area contributed by atoms with E-state index < -0.39 is 17.5 Å². The second kappa shape index (κ2) is 4.66. The number of piperidine rings is 1. The van der Waals surface area contributed by atoms with Crippen LogP contribution in [0.5, 0.6) is 0 Å². The average Bonchev–Trinajstić information content (AvgIpc) is 2.78. The van der Waals surface area contributed by atoms with Crippen molar-refractivity contribution in [2.24, 2.45) is 0 Å². The number of aromatic nitrogens is 1. The smallest absolute Gasteiger partial charge is 0.407 e. The molecule has 6 nitrogen and oxygen atoms in total. The Hall–Kier alpha value is -1.76. The molecule has 0 saturated carbocycles. The summed E-state index contributed by atoms with van der Waals surface area (Å²) in [7, 11) is 0. The van der Waals surface area contributed by atoms with Gasteiger partial charge in [0.1, 0.15) is 5.60 Å². The van der Waals surface area contributed by atoms with Crippen LogP contribution in [0.15, 0.2) is 6.20 Å². The normalized spacial score (nSPS) is 20.9. The zero-order chi connectivity index (χ0) is 14.3. The van der Waals surface area contributed by atoms with Crippen LogP contribution in [0, 0.1) is 5.82 Å². The molecule has 20 heavy (non-hydrogen) atoms. The van der Waals surface area contributed by atoms with E-state index in [0.29, 0.717) is 32.5 Å². The van der Waals surface area contributed by atoms with Gasteiger partial charge in [0.15, 0.2) is 11.6 Å². The Kier molecular flexibility index (Phi) is 3.08. The van der Waals surface area contributed by atoms with E-state index in [0.717, 1.165) is 0 Å². The van der Waals surface area contributed by atoms with Crippen LogP contribution in [0.4, 0.5) is 20.7 Å². The molecule has 0 unspecified atom stereocenters. The Morgan fingerprint density at radius 1 is 1.50 bits per heavy atom. The molecule has 2 aliphatic rings. The Morgan fingerprint density at radius 3 is 2.80 bits per heavy atom. The van der Waals surface area contributed by atoms with Gasteiger partial charge in [-0.1, -0.05) is 11.6 Å². The fourth-order valence-corrected chi connectivity index (χ4v) is 2.93. The van der Waals surface area contributed by atoms with Crippen LogP contribution in [-0.2, 0) is 4.74 Å². The molecule has 0 bridgehead atoms. The summed E-state index contributed by atoms with van der Waals surface area (Å²) >= 11 is 6.01. The third-order valence-corrected chi connectivity index (χ3v) is 4.11. The number of rotatable bonds is 1. The van der Waals surface area contributed by atoms with E-state index in [1.165, 1.54) is 6.20 Å². The summed E-state index contributed by atoms with van der Waals surface area (Å²) in [5, 5.41) is 2.89. The minimum atomic E-state index is -0.602. The molecule has 3 rings (SSSR count). The highest BCUT2D eigenvalue weighted by Crippen LogP contribution is 2.36. The lowest BCUT2D eigenvalue weighted by Crippen LogP contribution is -2.47. The number of pyridine rings is 1. The molecular formula is C12H14ClFN4O2. The zero-order valence-electron chi connectivity index (χ0n) is 10.7. The topological polar surface area (TPSA) is 80.5 Å². The van der Waals surface area contributed by atoms with Gasteiger partial charge in [-0.05, 0) is 0 Å². The van der Waals surface area contributed by atoms with Gasteiger partial charge in [-0.2, -0.15) is 0 Å². The van der Waals surface area contributed by atoms with Gasteiger partial charge in [-0.25, -0.2) is 14.2 Å². The number of nitrogen functional groups attached to an aromatic ring is 1. The summed E-state index contributed by atoms with van der Waals surface area (Å²) in [6.45, 7) is 1.57. The van der Waals surface area contributed by atoms with Crippen LogP contribution >= 0.6 is 11.6 Å². The lowest BCUT2D eigenvalue weighted by atomic mass is 9.91. The Labute approximate surface area is 120 Å². The first-order valence-corrected chi connectivity index (χ1v) is 6.70. The quantitative estimate of drug-likeness (QED) is 0.822. The Balaban J connectivity index is 1.79. The molecule has 1 aromatic heterocycles. The fourth-order valence-electron chi connectivity index (χ4n) is 2.68. The maximum Gasteiger partial charge on any atom is 0.407 e. The molecule has 0 aliphatic carbocycles. The molecule has 108 valence electrons. The largest absolute Gasteiger partial charge is 0.441 e. The molecule has 1 aromatic rings. The Morgan fingerprint density at radius 2 is 2.20 bits per heavy atom. The van der Waals surface area contributed by atoms with Crippen molar-refractivity contribution in [1.82, 2.24) is 10.3 Å². The first kappa shape index (κ1) is 13.2. The van der Waals surface area contributed by atoms with Crippen molar-refractivity contribution < 1.29 is 13.9 Å². The van der Waals surface area contributed by atoms with Crippen molar-refractivity contribution in [2.45, 2.75) is 18.4 Å². The minimum Gasteiger partial charge on any atom is -0.441 e. The van der Waals surface area contributed by atoms with E-state index in [1.807, 2.05) is 4.90 Å². The van der Waals surface area contributed by atoms with Crippen LogP contribution in [0.3, 0.4) is 0 Å². The van der Waals surface area contributed by atoms with Crippen molar-refractivity contribution in [3.05, 3.63) is 17.0 Å². The predicted molar refractivity (Wildman–Crippen MR) is 72.3 cm³/mol. The second-order valence-corrected chi connectivity index (χ2v) is 5.47. The number of nitrogens with zero attached hydrogens (tertiary/aromatic N) is 2. The molecule has 1 spiro atoms. The summed E-state index contributed by atoms with van der Waals surface area (Å²) in [6, 6.07) is 0. The van der Waals surface area contributed by atoms with Crippen LogP contribution in [0.25, 0.3) is 0 Å². The first-order chi connectivity index (χ1) is 9.51. The number of nitrogens with two attached hydrogens (primary N) is 1. The zero-order valence-corrected chi connectivity index (χ0v) is 11.4. The number of carbonyl (C=O) groups excluding carboxylic acids is 1. The van der Waals surface area contributed by atoms with Gasteiger partial charge in [0.2, 0.25) is 0 Å². The van der Waals surface area contributed by atoms with Crippen LogP contribution in [-0.4, -0.2) is 36.3 Å². The second-order valence-electron chi connectivity index (χ2n) is 5.07. The SMILES string of the molecule is Nc1ncc(Cl)c(N2CCC3(CC2)CNC(=O)O3)c1F. The highest BCUT2D eigenvalue weighted by atomic mass is 35.5. The first-order valence-electron chi connectivity index (χ1n) is 6.32. The summed E-state index contributed by atoms with van der Waals surface area (Å²) < 4.78 is 19.4. The highest BCUT2D eigenvalue weighted by Gasteiger charge is 2.43. The molecule has 3 heterocycles. The van der Waals surface area contributed by atoms with Gasteiger partial charge in [0.25, 0.3) is 0 Å².